The molecule has 0 radical (unpaired) electrons. The van der Waals surface area contributed by atoms with Crippen LogP contribution in [-0.2, 0) is 11.3 Å². The van der Waals surface area contributed by atoms with E-state index in [1.165, 1.54) is 6.07 Å². The molecule has 1 rings (SSSR count). The highest BCUT2D eigenvalue weighted by Gasteiger charge is 2.33. The predicted molar refractivity (Wildman–Crippen MR) is 81.9 cm³/mol. The van der Waals surface area contributed by atoms with E-state index in [1.807, 2.05) is 13.8 Å². The van der Waals surface area contributed by atoms with Crippen molar-refractivity contribution in [3.63, 3.8) is 0 Å². The van der Waals surface area contributed by atoms with Gasteiger partial charge in [0.2, 0.25) is 5.91 Å². The van der Waals surface area contributed by atoms with Gasteiger partial charge >= 0.3 is 6.18 Å². The molecule has 0 aliphatic carbocycles. The minimum absolute atomic E-state index is 0.0919. The summed E-state index contributed by atoms with van der Waals surface area (Å²) in [6.07, 6.45) is -3.22. The minimum atomic E-state index is -4.41. The molecule has 0 spiro atoms. The van der Waals surface area contributed by atoms with E-state index in [4.69, 9.17) is 10.5 Å². The Labute approximate surface area is 134 Å². The molecule has 23 heavy (non-hydrogen) atoms. The molecule has 0 fully saturated rings. The number of amides is 1. The Morgan fingerprint density at radius 1 is 1.22 bits per heavy atom. The van der Waals surface area contributed by atoms with Gasteiger partial charge in [-0.1, -0.05) is 32.0 Å². The third-order valence-corrected chi connectivity index (χ3v) is 4.03. The van der Waals surface area contributed by atoms with Crippen LogP contribution in [0.1, 0.15) is 32.3 Å². The molecule has 0 unspecified atom stereocenters. The van der Waals surface area contributed by atoms with Crippen LogP contribution in [0.2, 0.25) is 0 Å². The topological polar surface area (TPSA) is 64.4 Å². The molecule has 0 bridgehead atoms. The molecule has 7 heteroatoms. The second-order valence-corrected chi connectivity index (χ2v) is 5.39. The average molecular weight is 332 g/mol. The fraction of sp³-hybridized carbons (Fsp3) is 0.562. The lowest BCUT2D eigenvalue weighted by Crippen LogP contribution is -2.45. The number of hydrogen-bond acceptors (Lipinski definition) is 3. The van der Waals surface area contributed by atoms with Gasteiger partial charge in [-0.2, -0.15) is 13.2 Å². The zero-order chi connectivity index (χ0) is 17.5. The fourth-order valence-electron chi connectivity index (χ4n) is 2.27. The lowest BCUT2D eigenvalue weighted by Gasteiger charge is -2.28. The number of halogens is 3. The third kappa shape index (κ3) is 5.42. The Hall–Kier alpha value is -1.76. The van der Waals surface area contributed by atoms with E-state index in [-0.39, 0.29) is 24.7 Å². The van der Waals surface area contributed by atoms with Crippen LogP contribution in [0.3, 0.4) is 0 Å². The molecule has 0 saturated heterocycles. The van der Waals surface area contributed by atoms with Gasteiger partial charge in [-0.15, -0.1) is 0 Å². The standard InChI is InChI=1S/C16H23F3N2O2/c1-3-15(4-2,10-20)14(22)21-9-12-7-5-6-8-13(12)23-11-16(17,18)19/h5-8H,3-4,9-11,20H2,1-2H3,(H,21,22). The second-order valence-electron chi connectivity index (χ2n) is 5.39. The lowest BCUT2D eigenvalue weighted by molar-refractivity contribution is -0.153. The number of rotatable bonds is 8. The number of hydrogen-bond donors (Lipinski definition) is 2. The predicted octanol–water partition coefficient (Wildman–Crippen LogP) is 3.01. The zero-order valence-electron chi connectivity index (χ0n) is 13.4. The normalized spacial score (nSPS) is 12.1. The molecule has 0 aliphatic rings. The number of carbonyl (C=O) groups is 1. The highest BCUT2D eigenvalue weighted by molar-refractivity contribution is 5.82. The number of ether oxygens (including phenoxy) is 1. The Morgan fingerprint density at radius 2 is 1.83 bits per heavy atom. The largest absolute Gasteiger partial charge is 0.484 e. The van der Waals surface area contributed by atoms with Crippen LogP contribution in [0.15, 0.2) is 24.3 Å². The van der Waals surface area contributed by atoms with Gasteiger partial charge in [0.15, 0.2) is 6.61 Å². The van der Waals surface area contributed by atoms with Crippen LogP contribution < -0.4 is 15.8 Å². The first kappa shape index (κ1) is 19.3. The Bertz CT molecular complexity index is 506. The molecule has 130 valence electrons. The quantitative estimate of drug-likeness (QED) is 0.769. The average Bonchev–Trinajstić information content (AvgIpc) is 2.53. The molecular formula is C16H23F3N2O2. The van der Waals surface area contributed by atoms with Gasteiger partial charge in [-0.05, 0) is 18.9 Å². The van der Waals surface area contributed by atoms with Gasteiger partial charge in [-0.3, -0.25) is 4.79 Å². The van der Waals surface area contributed by atoms with Gasteiger partial charge in [0, 0.05) is 18.7 Å². The summed E-state index contributed by atoms with van der Waals surface area (Å²) in [5.74, 6) is -0.0907. The SMILES string of the molecule is CCC(CC)(CN)C(=O)NCc1ccccc1OCC(F)(F)F. The molecule has 0 aliphatic heterocycles. The summed E-state index contributed by atoms with van der Waals surface area (Å²) in [4.78, 5) is 12.3. The maximum Gasteiger partial charge on any atom is 0.422 e. The maximum atomic E-state index is 12.3. The first-order valence-electron chi connectivity index (χ1n) is 7.54. The molecule has 0 heterocycles. The number of carbonyl (C=O) groups excluding carboxylic acids is 1. The second kappa shape index (κ2) is 8.19. The summed E-state index contributed by atoms with van der Waals surface area (Å²) >= 11 is 0. The summed E-state index contributed by atoms with van der Waals surface area (Å²) < 4.78 is 41.6. The molecule has 4 nitrogen and oxygen atoms in total. The number of para-hydroxylation sites is 1. The summed E-state index contributed by atoms with van der Waals surface area (Å²) in [6.45, 7) is 2.72. The number of nitrogens with one attached hydrogen (secondary N) is 1. The fourth-order valence-corrected chi connectivity index (χ4v) is 2.27. The Balaban J connectivity index is 2.76. The molecule has 3 N–H and O–H groups in total. The highest BCUT2D eigenvalue weighted by Crippen LogP contribution is 2.26. The molecule has 0 aromatic heterocycles. The van der Waals surface area contributed by atoms with Crippen molar-refractivity contribution in [3.8, 4) is 5.75 Å². The van der Waals surface area contributed by atoms with Crippen molar-refractivity contribution >= 4 is 5.91 Å². The van der Waals surface area contributed by atoms with E-state index in [0.717, 1.165) is 0 Å². The van der Waals surface area contributed by atoms with Crippen molar-refractivity contribution in [1.82, 2.24) is 5.32 Å². The zero-order valence-corrected chi connectivity index (χ0v) is 13.4. The van der Waals surface area contributed by atoms with E-state index in [1.54, 1.807) is 18.2 Å². The van der Waals surface area contributed by atoms with Gasteiger partial charge < -0.3 is 15.8 Å². The monoisotopic (exact) mass is 332 g/mol. The van der Waals surface area contributed by atoms with Crippen molar-refractivity contribution in [2.24, 2.45) is 11.1 Å². The molecular weight excluding hydrogens is 309 g/mol. The van der Waals surface area contributed by atoms with E-state index in [0.29, 0.717) is 18.4 Å². The lowest BCUT2D eigenvalue weighted by atomic mass is 9.81. The molecule has 0 atom stereocenters. The highest BCUT2D eigenvalue weighted by atomic mass is 19.4. The van der Waals surface area contributed by atoms with Crippen LogP contribution in [0.25, 0.3) is 0 Å². The molecule has 1 aromatic carbocycles. The summed E-state index contributed by atoms with van der Waals surface area (Å²) in [6, 6.07) is 6.33. The Kier molecular flexibility index (Phi) is 6.87. The van der Waals surface area contributed by atoms with Crippen LogP contribution in [0.4, 0.5) is 13.2 Å². The van der Waals surface area contributed by atoms with Gasteiger partial charge in [0.05, 0.1) is 5.41 Å². The summed E-state index contributed by atoms with van der Waals surface area (Å²) in [7, 11) is 0. The van der Waals surface area contributed by atoms with Crippen molar-refractivity contribution in [2.75, 3.05) is 13.2 Å². The summed E-state index contributed by atoms with van der Waals surface area (Å²) in [5.41, 5.74) is 5.55. The molecule has 0 saturated carbocycles. The Morgan fingerprint density at radius 3 is 2.35 bits per heavy atom. The van der Waals surface area contributed by atoms with E-state index in [9.17, 15) is 18.0 Å². The van der Waals surface area contributed by atoms with Crippen molar-refractivity contribution in [3.05, 3.63) is 29.8 Å². The number of alkyl halides is 3. The minimum Gasteiger partial charge on any atom is -0.484 e. The van der Waals surface area contributed by atoms with Crippen LogP contribution in [0.5, 0.6) is 5.75 Å². The van der Waals surface area contributed by atoms with Crippen LogP contribution >= 0.6 is 0 Å². The van der Waals surface area contributed by atoms with E-state index < -0.39 is 18.2 Å². The van der Waals surface area contributed by atoms with Crippen LogP contribution in [-0.4, -0.2) is 25.2 Å². The van der Waals surface area contributed by atoms with Crippen LogP contribution in [0, 0.1) is 5.41 Å². The number of benzene rings is 1. The van der Waals surface area contributed by atoms with E-state index >= 15 is 0 Å². The smallest absolute Gasteiger partial charge is 0.422 e. The molecule has 1 amide bonds. The first-order chi connectivity index (χ1) is 10.8. The maximum absolute atomic E-state index is 12.3. The van der Waals surface area contributed by atoms with E-state index in [2.05, 4.69) is 5.32 Å². The number of nitrogens with two attached hydrogens (primary N) is 1. The molecule has 1 aromatic rings. The van der Waals surface area contributed by atoms with Gasteiger partial charge in [-0.25, -0.2) is 0 Å². The van der Waals surface area contributed by atoms with Crippen molar-refractivity contribution in [1.29, 1.82) is 0 Å². The van der Waals surface area contributed by atoms with Gasteiger partial charge in [0.1, 0.15) is 5.75 Å². The third-order valence-electron chi connectivity index (χ3n) is 4.03. The summed E-state index contributed by atoms with van der Waals surface area (Å²) in [5, 5.41) is 2.75. The van der Waals surface area contributed by atoms with Crippen molar-refractivity contribution < 1.29 is 22.7 Å². The van der Waals surface area contributed by atoms with Gasteiger partial charge in [0.25, 0.3) is 0 Å². The first-order valence-corrected chi connectivity index (χ1v) is 7.54. The van der Waals surface area contributed by atoms with Crippen molar-refractivity contribution in [2.45, 2.75) is 39.4 Å².